The van der Waals surface area contributed by atoms with Crippen molar-refractivity contribution in [1.82, 2.24) is 0 Å². The minimum atomic E-state index is -0.329. The van der Waals surface area contributed by atoms with Crippen molar-refractivity contribution in [3.63, 3.8) is 0 Å². The molecule has 0 aromatic heterocycles. The van der Waals surface area contributed by atoms with E-state index in [1.165, 1.54) is 0 Å². The molecule has 0 spiro atoms. The van der Waals surface area contributed by atoms with Crippen LogP contribution in [0.2, 0.25) is 0 Å². The van der Waals surface area contributed by atoms with Crippen LogP contribution < -0.4 is 0 Å². The van der Waals surface area contributed by atoms with Crippen LogP contribution in [0.5, 0.6) is 0 Å². The number of hydrogen-bond acceptors (Lipinski definition) is 4. The van der Waals surface area contributed by atoms with E-state index in [1.54, 1.807) is 0 Å². The molecule has 0 amide bonds. The number of hydrogen-bond donors (Lipinski definition) is 0. The summed E-state index contributed by atoms with van der Waals surface area (Å²) < 4.78 is 10.2. The van der Waals surface area contributed by atoms with Gasteiger partial charge >= 0.3 is 11.9 Å². The number of cyclic esters (lactones) is 1. The number of ether oxygens (including phenoxy) is 2. The molecule has 4 nitrogen and oxygen atoms in total. The van der Waals surface area contributed by atoms with Gasteiger partial charge in [-0.25, -0.2) is 0 Å². The van der Waals surface area contributed by atoms with E-state index in [2.05, 4.69) is 6.92 Å². The van der Waals surface area contributed by atoms with Crippen LogP contribution >= 0.6 is 0 Å². The second kappa shape index (κ2) is 3.59. The van der Waals surface area contributed by atoms with Gasteiger partial charge in [-0.05, 0) is 12.8 Å². The summed E-state index contributed by atoms with van der Waals surface area (Å²) in [5.41, 5.74) is 0. The van der Waals surface area contributed by atoms with E-state index < -0.39 is 0 Å². The molecule has 0 aliphatic carbocycles. The molecular weight excluding hydrogens is 184 g/mol. The Bertz CT molecular complexity index is 261. The Labute approximate surface area is 82.6 Å². The zero-order chi connectivity index (χ0) is 10.1. The van der Waals surface area contributed by atoms with E-state index in [1.807, 2.05) is 0 Å². The molecule has 2 heterocycles. The molecule has 0 saturated carbocycles. The quantitative estimate of drug-likeness (QED) is 0.636. The SMILES string of the molecule is CCCC[C@@H]1OC(=O)[C@H]2CC(=O)O[C@@H]12. The summed E-state index contributed by atoms with van der Waals surface area (Å²) in [6.45, 7) is 2.08. The monoisotopic (exact) mass is 198 g/mol. The first-order valence-corrected chi connectivity index (χ1v) is 5.12. The minimum absolute atomic E-state index is 0.195. The van der Waals surface area contributed by atoms with Crippen LogP contribution in [0.1, 0.15) is 32.6 Å². The molecule has 2 saturated heterocycles. The third kappa shape index (κ3) is 1.49. The van der Waals surface area contributed by atoms with Gasteiger partial charge in [0.25, 0.3) is 0 Å². The number of carbonyl (C=O) groups excluding carboxylic acids is 2. The Kier molecular flexibility index (Phi) is 2.44. The van der Waals surface area contributed by atoms with E-state index in [9.17, 15) is 9.59 Å². The zero-order valence-corrected chi connectivity index (χ0v) is 8.19. The van der Waals surface area contributed by atoms with Crippen LogP contribution in [0.15, 0.2) is 0 Å². The third-order valence-corrected chi connectivity index (χ3v) is 2.83. The molecule has 4 heteroatoms. The van der Waals surface area contributed by atoms with Gasteiger partial charge in [-0.1, -0.05) is 13.3 Å². The maximum atomic E-state index is 11.3. The fourth-order valence-corrected chi connectivity index (χ4v) is 2.06. The molecule has 0 bridgehead atoms. The molecule has 78 valence electrons. The minimum Gasteiger partial charge on any atom is -0.458 e. The predicted octanol–water partition coefficient (Wildman–Crippen LogP) is 1.03. The van der Waals surface area contributed by atoms with E-state index in [0.29, 0.717) is 0 Å². The standard InChI is InChI=1S/C10H14O4/c1-2-3-4-7-9-6(10(12)13-7)5-8(11)14-9/h6-7,9H,2-5H2,1H3/t6-,7-,9+/m0/s1. The van der Waals surface area contributed by atoms with E-state index in [0.717, 1.165) is 19.3 Å². The summed E-state index contributed by atoms with van der Waals surface area (Å²) in [7, 11) is 0. The van der Waals surface area contributed by atoms with Crippen LogP contribution in [0.4, 0.5) is 0 Å². The van der Waals surface area contributed by atoms with E-state index >= 15 is 0 Å². The highest BCUT2D eigenvalue weighted by Gasteiger charge is 2.52. The van der Waals surface area contributed by atoms with Crippen molar-refractivity contribution in [3.05, 3.63) is 0 Å². The fraction of sp³-hybridized carbons (Fsp3) is 0.800. The lowest BCUT2D eigenvalue weighted by Gasteiger charge is -2.14. The maximum Gasteiger partial charge on any atom is 0.313 e. The molecule has 0 unspecified atom stereocenters. The van der Waals surface area contributed by atoms with Gasteiger partial charge in [0.1, 0.15) is 12.0 Å². The van der Waals surface area contributed by atoms with Crippen LogP contribution in [0.3, 0.4) is 0 Å². The average Bonchev–Trinajstić information content (AvgIpc) is 2.64. The first-order valence-electron chi connectivity index (χ1n) is 5.12. The highest BCUT2D eigenvalue weighted by molar-refractivity contribution is 5.85. The molecule has 2 fully saturated rings. The third-order valence-electron chi connectivity index (χ3n) is 2.83. The molecule has 3 atom stereocenters. The second-order valence-corrected chi connectivity index (χ2v) is 3.88. The normalized spacial score (nSPS) is 35.4. The fourth-order valence-electron chi connectivity index (χ4n) is 2.06. The Morgan fingerprint density at radius 2 is 2.14 bits per heavy atom. The number of unbranched alkanes of at least 4 members (excludes halogenated alkanes) is 1. The molecule has 0 aromatic rings. The highest BCUT2D eigenvalue weighted by atomic mass is 16.6. The van der Waals surface area contributed by atoms with Crippen molar-refractivity contribution in [2.75, 3.05) is 0 Å². The average molecular weight is 198 g/mol. The zero-order valence-electron chi connectivity index (χ0n) is 8.19. The largest absolute Gasteiger partial charge is 0.458 e. The summed E-state index contributed by atoms with van der Waals surface area (Å²) in [5.74, 6) is -0.857. The Morgan fingerprint density at radius 1 is 1.36 bits per heavy atom. The van der Waals surface area contributed by atoms with Gasteiger partial charge in [0.05, 0.1) is 6.42 Å². The van der Waals surface area contributed by atoms with Crippen molar-refractivity contribution < 1.29 is 19.1 Å². The lowest BCUT2D eigenvalue weighted by atomic mass is 9.98. The van der Waals surface area contributed by atoms with Crippen molar-refractivity contribution in [1.29, 1.82) is 0 Å². The topological polar surface area (TPSA) is 52.6 Å². The van der Waals surface area contributed by atoms with Gasteiger partial charge in [0.15, 0.2) is 6.10 Å². The van der Waals surface area contributed by atoms with Crippen LogP contribution in [0, 0.1) is 5.92 Å². The number of fused-ring (bicyclic) bond motifs is 1. The molecular formula is C10H14O4. The molecule has 0 aromatic carbocycles. The van der Waals surface area contributed by atoms with E-state index in [4.69, 9.17) is 9.47 Å². The smallest absolute Gasteiger partial charge is 0.313 e. The molecule has 0 radical (unpaired) electrons. The van der Waals surface area contributed by atoms with Crippen LogP contribution in [-0.2, 0) is 19.1 Å². The lowest BCUT2D eigenvalue weighted by molar-refractivity contribution is -0.152. The summed E-state index contributed by atoms with van der Waals surface area (Å²) >= 11 is 0. The first kappa shape index (κ1) is 9.49. The molecule has 2 aliphatic heterocycles. The summed E-state index contributed by atoms with van der Waals surface area (Å²) in [6.07, 6.45) is 2.56. The second-order valence-electron chi connectivity index (χ2n) is 3.88. The maximum absolute atomic E-state index is 11.3. The van der Waals surface area contributed by atoms with Crippen molar-refractivity contribution in [3.8, 4) is 0 Å². The molecule has 0 N–H and O–H groups in total. The van der Waals surface area contributed by atoms with Crippen LogP contribution in [0.25, 0.3) is 0 Å². The Morgan fingerprint density at radius 3 is 2.86 bits per heavy atom. The summed E-state index contributed by atoms with van der Waals surface area (Å²) in [6, 6.07) is 0. The van der Waals surface area contributed by atoms with Crippen molar-refractivity contribution >= 4 is 11.9 Å². The van der Waals surface area contributed by atoms with Crippen molar-refractivity contribution in [2.24, 2.45) is 5.92 Å². The molecule has 14 heavy (non-hydrogen) atoms. The van der Waals surface area contributed by atoms with E-state index in [-0.39, 0.29) is 36.5 Å². The van der Waals surface area contributed by atoms with Gasteiger partial charge in [0.2, 0.25) is 0 Å². The summed E-state index contributed by atoms with van der Waals surface area (Å²) in [4.78, 5) is 22.3. The predicted molar refractivity (Wildman–Crippen MR) is 47.4 cm³/mol. The molecule has 2 rings (SSSR count). The Balaban J connectivity index is 2.00. The van der Waals surface area contributed by atoms with Gasteiger partial charge in [-0.3, -0.25) is 9.59 Å². The lowest BCUT2D eigenvalue weighted by Crippen LogP contribution is -2.24. The van der Waals surface area contributed by atoms with Gasteiger partial charge < -0.3 is 9.47 Å². The van der Waals surface area contributed by atoms with Gasteiger partial charge in [0, 0.05) is 0 Å². The molecule has 2 aliphatic rings. The number of esters is 2. The number of rotatable bonds is 3. The van der Waals surface area contributed by atoms with Crippen molar-refractivity contribution in [2.45, 2.75) is 44.8 Å². The highest BCUT2D eigenvalue weighted by Crippen LogP contribution is 2.35. The summed E-state index contributed by atoms with van der Waals surface area (Å²) in [5, 5.41) is 0. The van der Waals surface area contributed by atoms with Crippen LogP contribution in [-0.4, -0.2) is 24.1 Å². The Hall–Kier alpha value is -1.06. The number of carbonyl (C=O) groups is 2. The van der Waals surface area contributed by atoms with Gasteiger partial charge in [-0.15, -0.1) is 0 Å². The first-order chi connectivity index (χ1) is 6.72. The van der Waals surface area contributed by atoms with Gasteiger partial charge in [-0.2, -0.15) is 0 Å².